The third kappa shape index (κ3) is 3.03. The molecule has 0 aliphatic heterocycles. The lowest BCUT2D eigenvalue weighted by Gasteiger charge is -2.04. The van der Waals surface area contributed by atoms with Gasteiger partial charge in [-0.05, 0) is 24.5 Å². The molecule has 0 amide bonds. The SMILES string of the molecule is CCC1CC1NCc1ccc(C(=O)OC)cn1. The molecule has 1 aromatic heterocycles. The molecule has 4 nitrogen and oxygen atoms in total. The van der Waals surface area contributed by atoms with Gasteiger partial charge in [-0.2, -0.15) is 0 Å². The largest absolute Gasteiger partial charge is 0.465 e. The van der Waals surface area contributed by atoms with Crippen LogP contribution >= 0.6 is 0 Å². The number of carbonyl (C=O) groups is 1. The van der Waals surface area contributed by atoms with Crippen LogP contribution in [0, 0.1) is 5.92 Å². The van der Waals surface area contributed by atoms with Gasteiger partial charge in [-0.15, -0.1) is 0 Å². The van der Waals surface area contributed by atoms with Crippen LogP contribution < -0.4 is 5.32 Å². The van der Waals surface area contributed by atoms with Crippen LogP contribution in [0.25, 0.3) is 0 Å². The summed E-state index contributed by atoms with van der Waals surface area (Å²) in [7, 11) is 1.37. The van der Waals surface area contributed by atoms with E-state index in [0.717, 1.165) is 18.2 Å². The lowest BCUT2D eigenvalue weighted by atomic mass is 10.2. The molecule has 4 heteroatoms. The van der Waals surface area contributed by atoms with Crippen molar-refractivity contribution in [3.8, 4) is 0 Å². The lowest BCUT2D eigenvalue weighted by molar-refractivity contribution is 0.0600. The first-order valence-electron chi connectivity index (χ1n) is 6.01. The molecule has 1 aromatic rings. The summed E-state index contributed by atoms with van der Waals surface area (Å²) in [4.78, 5) is 15.4. The molecule has 0 saturated heterocycles. The Hall–Kier alpha value is -1.42. The van der Waals surface area contributed by atoms with Crippen molar-refractivity contribution in [2.24, 2.45) is 5.92 Å². The molecule has 2 atom stereocenters. The molecule has 0 bridgehead atoms. The second kappa shape index (κ2) is 5.27. The number of pyridine rings is 1. The number of esters is 1. The molecule has 0 radical (unpaired) electrons. The first kappa shape index (κ1) is 12.0. The van der Waals surface area contributed by atoms with E-state index in [-0.39, 0.29) is 5.97 Å². The van der Waals surface area contributed by atoms with E-state index in [4.69, 9.17) is 0 Å². The minimum atomic E-state index is -0.342. The molecule has 1 saturated carbocycles. The summed E-state index contributed by atoms with van der Waals surface area (Å²) in [6, 6.07) is 4.27. The summed E-state index contributed by atoms with van der Waals surface area (Å²) in [5.74, 6) is 0.495. The predicted octanol–water partition coefficient (Wildman–Crippen LogP) is 1.76. The third-order valence-corrected chi connectivity index (χ3v) is 3.24. The zero-order valence-corrected chi connectivity index (χ0v) is 10.3. The van der Waals surface area contributed by atoms with Gasteiger partial charge in [0.1, 0.15) is 0 Å². The summed E-state index contributed by atoms with van der Waals surface area (Å²) in [6.07, 6.45) is 4.08. The third-order valence-electron chi connectivity index (χ3n) is 3.24. The van der Waals surface area contributed by atoms with E-state index in [1.807, 2.05) is 6.07 Å². The normalized spacial score (nSPS) is 22.2. The Balaban J connectivity index is 1.84. The number of nitrogens with zero attached hydrogens (tertiary/aromatic N) is 1. The van der Waals surface area contributed by atoms with Gasteiger partial charge in [0, 0.05) is 18.8 Å². The van der Waals surface area contributed by atoms with E-state index >= 15 is 0 Å². The summed E-state index contributed by atoms with van der Waals surface area (Å²) < 4.78 is 4.62. The van der Waals surface area contributed by atoms with Crippen molar-refractivity contribution in [1.82, 2.24) is 10.3 Å². The molecule has 92 valence electrons. The Morgan fingerprint density at radius 3 is 2.94 bits per heavy atom. The van der Waals surface area contributed by atoms with Gasteiger partial charge in [-0.25, -0.2) is 4.79 Å². The summed E-state index contributed by atoms with van der Waals surface area (Å²) >= 11 is 0. The zero-order valence-electron chi connectivity index (χ0n) is 10.3. The van der Waals surface area contributed by atoms with Crippen LogP contribution in [-0.2, 0) is 11.3 Å². The van der Waals surface area contributed by atoms with Crippen LogP contribution in [0.15, 0.2) is 18.3 Å². The van der Waals surface area contributed by atoms with Gasteiger partial charge in [0.15, 0.2) is 0 Å². The maximum atomic E-state index is 11.2. The number of rotatable bonds is 5. The van der Waals surface area contributed by atoms with Crippen molar-refractivity contribution in [1.29, 1.82) is 0 Å². The number of carbonyl (C=O) groups excluding carboxylic acids is 1. The monoisotopic (exact) mass is 234 g/mol. The molecule has 0 spiro atoms. The lowest BCUT2D eigenvalue weighted by Crippen LogP contribution is -2.18. The van der Waals surface area contributed by atoms with Crippen LogP contribution in [0.2, 0.25) is 0 Å². The molecule has 1 fully saturated rings. The van der Waals surface area contributed by atoms with E-state index in [2.05, 4.69) is 22.0 Å². The van der Waals surface area contributed by atoms with E-state index in [0.29, 0.717) is 11.6 Å². The van der Waals surface area contributed by atoms with Crippen molar-refractivity contribution in [2.75, 3.05) is 7.11 Å². The van der Waals surface area contributed by atoms with Gasteiger partial charge in [-0.3, -0.25) is 4.98 Å². The zero-order chi connectivity index (χ0) is 12.3. The molecule has 0 aromatic carbocycles. The maximum Gasteiger partial charge on any atom is 0.339 e. The number of aromatic nitrogens is 1. The number of hydrogen-bond donors (Lipinski definition) is 1. The highest BCUT2D eigenvalue weighted by molar-refractivity contribution is 5.88. The Morgan fingerprint density at radius 2 is 2.41 bits per heavy atom. The van der Waals surface area contributed by atoms with Crippen molar-refractivity contribution in [2.45, 2.75) is 32.4 Å². The molecular formula is C13H18N2O2. The van der Waals surface area contributed by atoms with Crippen LogP contribution in [0.3, 0.4) is 0 Å². The van der Waals surface area contributed by atoms with Crippen LogP contribution in [0.4, 0.5) is 0 Å². The number of hydrogen-bond acceptors (Lipinski definition) is 4. The van der Waals surface area contributed by atoms with Gasteiger partial charge in [0.2, 0.25) is 0 Å². The van der Waals surface area contributed by atoms with Crippen molar-refractivity contribution < 1.29 is 9.53 Å². The molecule has 1 aliphatic carbocycles. The Labute approximate surface area is 101 Å². The van der Waals surface area contributed by atoms with Crippen LogP contribution in [0.1, 0.15) is 35.8 Å². The average molecular weight is 234 g/mol. The predicted molar refractivity (Wildman–Crippen MR) is 64.6 cm³/mol. The Morgan fingerprint density at radius 1 is 1.59 bits per heavy atom. The molecular weight excluding hydrogens is 216 g/mol. The van der Waals surface area contributed by atoms with Crippen molar-refractivity contribution in [3.63, 3.8) is 0 Å². The second-order valence-corrected chi connectivity index (χ2v) is 4.42. The van der Waals surface area contributed by atoms with Gasteiger partial charge in [0.25, 0.3) is 0 Å². The molecule has 1 N–H and O–H groups in total. The van der Waals surface area contributed by atoms with E-state index in [1.165, 1.54) is 20.0 Å². The Bertz CT molecular complexity index is 389. The maximum absolute atomic E-state index is 11.2. The van der Waals surface area contributed by atoms with Crippen molar-refractivity contribution >= 4 is 5.97 Å². The molecule has 2 rings (SSSR count). The van der Waals surface area contributed by atoms with Crippen LogP contribution in [0.5, 0.6) is 0 Å². The summed E-state index contributed by atoms with van der Waals surface area (Å²) in [6.45, 7) is 2.98. The van der Waals surface area contributed by atoms with Crippen LogP contribution in [-0.4, -0.2) is 24.1 Å². The van der Waals surface area contributed by atoms with Gasteiger partial charge >= 0.3 is 5.97 Å². The highest BCUT2D eigenvalue weighted by Crippen LogP contribution is 2.33. The molecule has 17 heavy (non-hydrogen) atoms. The van der Waals surface area contributed by atoms with Gasteiger partial charge in [0.05, 0.1) is 18.4 Å². The fourth-order valence-electron chi connectivity index (χ4n) is 1.95. The fraction of sp³-hybridized carbons (Fsp3) is 0.538. The molecule has 1 heterocycles. The number of nitrogens with one attached hydrogen (secondary N) is 1. The second-order valence-electron chi connectivity index (χ2n) is 4.42. The topological polar surface area (TPSA) is 51.2 Å². The highest BCUT2D eigenvalue weighted by Gasteiger charge is 2.34. The average Bonchev–Trinajstić information content (AvgIpc) is 3.14. The summed E-state index contributed by atoms with van der Waals surface area (Å²) in [5, 5.41) is 3.46. The van der Waals surface area contributed by atoms with Gasteiger partial charge in [-0.1, -0.05) is 13.3 Å². The molecule has 1 aliphatic rings. The van der Waals surface area contributed by atoms with Crippen molar-refractivity contribution in [3.05, 3.63) is 29.6 Å². The van der Waals surface area contributed by atoms with E-state index in [1.54, 1.807) is 12.3 Å². The first-order chi connectivity index (χ1) is 8.24. The smallest absolute Gasteiger partial charge is 0.339 e. The van der Waals surface area contributed by atoms with E-state index < -0.39 is 0 Å². The molecule has 2 unspecified atom stereocenters. The Kier molecular flexibility index (Phi) is 3.74. The highest BCUT2D eigenvalue weighted by atomic mass is 16.5. The van der Waals surface area contributed by atoms with E-state index in [9.17, 15) is 4.79 Å². The van der Waals surface area contributed by atoms with Gasteiger partial charge < -0.3 is 10.1 Å². The fourth-order valence-corrected chi connectivity index (χ4v) is 1.95. The minimum absolute atomic E-state index is 0.342. The minimum Gasteiger partial charge on any atom is -0.465 e. The summed E-state index contributed by atoms with van der Waals surface area (Å²) in [5.41, 5.74) is 1.45. The number of methoxy groups -OCH3 is 1. The first-order valence-corrected chi connectivity index (χ1v) is 6.01. The quantitative estimate of drug-likeness (QED) is 0.789. The standard InChI is InChI=1S/C13H18N2O2/c1-3-9-6-12(9)15-8-11-5-4-10(7-14-11)13(16)17-2/h4-5,7,9,12,15H,3,6,8H2,1-2H3. The number of ether oxygens (including phenoxy) is 1.